The van der Waals surface area contributed by atoms with Gasteiger partial charge in [-0.05, 0) is 26.8 Å². The van der Waals surface area contributed by atoms with Gasteiger partial charge in [0.05, 0.1) is 11.3 Å². The molecule has 1 atom stereocenters. The Morgan fingerprint density at radius 3 is 2.59 bits per heavy atom. The van der Waals surface area contributed by atoms with Crippen LogP contribution in [0.1, 0.15) is 35.3 Å². The van der Waals surface area contributed by atoms with Gasteiger partial charge in [-0.1, -0.05) is 0 Å². The molecule has 0 N–H and O–H groups in total. The van der Waals surface area contributed by atoms with Crippen LogP contribution in [-0.2, 0) is 4.79 Å². The number of hydrogen-bond donors (Lipinski definition) is 0. The van der Waals surface area contributed by atoms with Gasteiger partial charge in [0.1, 0.15) is 0 Å². The molecule has 0 aromatic carbocycles. The Morgan fingerprint density at radius 1 is 1.19 bits per heavy atom. The lowest BCUT2D eigenvalue weighted by molar-refractivity contribution is -0.129. The maximum Gasteiger partial charge on any atom is 0.257 e. The second-order valence-corrected chi connectivity index (χ2v) is 8.00. The number of likely N-dealkylation sites (tertiary alicyclic amines) is 1. The Kier molecular flexibility index (Phi) is 5.37. The van der Waals surface area contributed by atoms with Crippen LogP contribution in [0.3, 0.4) is 0 Å². The number of nitrogens with zero attached hydrogens (tertiary/aromatic N) is 6. The summed E-state index contributed by atoms with van der Waals surface area (Å²) >= 11 is 0. The molecule has 27 heavy (non-hydrogen) atoms. The van der Waals surface area contributed by atoms with Gasteiger partial charge in [0.2, 0.25) is 11.9 Å². The van der Waals surface area contributed by atoms with Crippen LogP contribution < -0.4 is 4.90 Å². The first-order valence-corrected chi connectivity index (χ1v) is 9.49. The van der Waals surface area contributed by atoms with E-state index in [9.17, 15) is 9.59 Å². The van der Waals surface area contributed by atoms with E-state index in [0.717, 1.165) is 25.9 Å². The lowest BCUT2D eigenvalue weighted by atomic mass is 9.86. The van der Waals surface area contributed by atoms with Gasteiger partial charge in [-0.15, -0.1) is 0 Å². The highest BCUT2D eigenvalue weighted by Crippen LogP contribution is 2.32. The fourth-order valence-electron chi connectivity index (χ4n) is 3.98. The second kappa shape index (κ2) is 7.42. The molecule has 2 saturated heterocycles. The van der Waals surface area contributed by atoms with Crippen LogP contribution >= 0.6 is 0 Å². The molecule has 1 unspecified atom stereocenters. The summed E-state index contributed by atoms with van der Waals surface area (Å²) in [6.45, 7) is 4.70. The number of anilines is 1. The van der Waals surface area contributed by atoms with Gasteiger partial charge in [0.15, 0.2) is 0 Å². The Bertz CT molecular complexity index is 737. The zero-order valence-corrected chi connectivity index (χ0v) is 17.0. The molecule has 2 aliphatic rings. The molecule has 8 heteroatoms. The number of aryl methyl sites for hydroxylation is 1. The number of piperazine rings is 1. The predicted molar refractivity (Wildman–Crippen MR) is 104 cm³/mol. The fraction of sp³-hybridized carbons (Fsp3) is 0.684. The lowest BCUT2D eigenvalue weighted by Crippen LogP contribution is -2.62. The van der Waals surface area contributed by atoms with Crippen LogP contribution in [0.2, 0.25) is 0 Å². The van der Waals surface area contributed by atoms with Crippen LogP contribution in [0.4, 0.5) is 5.95 Å². The van der Waals surface area contributed by atoms with E-state index in [4.69, 9.17) is 0 Å². The maximum atomic E-state index is 13.2. The van der Waals surface area contributed by atoms with Gasteiger partial charge in [-0.2, -0.15) is 0 Å². The molecule has 2 aliphatic heterocycles. The topological polar surface area (TPSA) is 72.9 Å². The minimum absolute atomic E-state index is 0.0193. The molecule has 1 aromatic heterocycles. The van der Waals surface area contributed by atoms with Crippen molar-refractivity contribution in [2.75, 3.05) is 59.3 Å². The maximum absolute atomic E-state index is 13.2. The van der Waals surface area contributed by atoms with Crippen molar-refractivity contribution in [1.29, 1.82) is 0 Å². The molecule has 2 fully saturated rings. The van der Waals surface area contributed by atoms with Crippen molar-refractivity contribution in [3.05, 3.63) is 17.5 Å². The van der Waals surface area contributed by atoms with Crippen molar-refractivity contribution in [2.45, 2.75) is 31.7 Å². The molecule has 1 spiro atoms. The van der Waals surface area contributed by atoms with Gasteiger partial charge in [-0.25, -0.2) is 9.97 Å². The van der Waals surface area contributed by atoms with E-state index in [1.54, 1.807) is 11.1 Å². The van der Waals surface area contributed by atoms with E-state index in [1.807, 2.05) is 37.9 Å². The van der Waals surface area contributed by atoms with E-state index in [-0.39, 0.29) is 17.4 Å². The normalized spacial score (nSPS) is 24.3. The first-order chi connectivity index (χ1) is 12.7. The summed E-state index contributed by atoms with van der Waals surface area (Å²) in [5.74, 6) is 0.769. The molecule has 8 nitrogen and oxygen atoms in total. The smallest absolute Gasteiger partial charge is 0.257 e. The number of aromatic nitrogens is 2. The van der Waals surface area contributed by atoms with E-state index in [2.05, 4.69) is 21.9 Å². The van der Waals surface area contributed by atoms with Crippen LogP contribution in [0.25, 0.3) is 0 Å². The first-order valence-electron chi connectivity index (χ1n) is 9.49. The number of likely N-dealkylation sites (N-methyl/N-ethyl adjacent to an activating group) is 1. The van der Waals surface area contributed by atoms with Crippen LogP contribution in [0.5, 0.6) is 0 Å². The predicted octanol–water partition coefficient (Wildman–Crippen LogP) is 0.620. The van der Waals surface area contributed by atoms with Crippen molar-refractivity contribution >= 4 is 17.8 Å². The van der Waals surface area contributed by atoms with Gasteiger partial charge < -0.3 is 14.7 Å². The van der Waals surface area contributed by atoms with Gasteiger partial charge in [0, 0.05) is 65.5 Å². The average molecular weight is 374 g/mol. The van der Waals surface area contributed by atoms with Crippen molar-refractivity contribution in [1.82, 2.24) is 24.7 Å². The van der Waals surface area contributed by atoms with E-state index in [0.29, 0.717) is 36.7 Å². The van der Waals surface area contributed by atoms with Crippen molar-refractivity contribution in [3.8, 4) is 0 Å². The zero-order chi connectivity index (χ0) is 19.8. The van der Waals surface area contributed by atoms with Crippen LogP contribution in [0.15, 0.2) is 6.20 Å². The summed E-state index contributed by atoms with van der Waals surface area (Å²) < 4.78 is 0. The summed E-state index contributed by atoms with van der Waals surface area (Å²) in [7, 11) is 7.73. The SMILES string of the molecule is Cc1nc(N(C)C)ncc1C(=O)N1CCN(C)C2(CCC(=O)N(C)CC2)C1. The fourth-order valence-corrected chi connectivity index (χ4v) is 3.98. The molecule has 0 aliphatic carbocycles. The monoisotopic (exact) mass is 374 g/mol. The number of rotatable bonds is 2. The highest BCUT2D eigenvalue weighted by atomic mass is 16.2. The average Bonchev–Trinajstić information content (AvgIpc) is 2.78. The number of hydrogen-bond acceptors (Lipinski definition) is 6. The number of carbonyl (C=O) groups is 2. The third-order valence-electron chi connectivity index (χ3n) is 6.03. The molecule has 1 aromatic rings. The number of amides is 2. The minimum Gasteiger partial charge on any atom is -0.347 e. The number of carbonyl (C=O) groups excluding carboxylic acids is 2. The molecular formula is C19H30N6O2. The Labute approximate surface area is 161 Å². The highest BCUT2D eigenvalue weighted by Gasteiger charge is 2.43. The molecule has 0 saturated carbocycles. The Morgan fingerprint density at radius 2 is 1.93 bits per heavy atom. The van der Waals surface area contributed by atoms with Crippen LogP contribution in [0, 0.1) is 6.92 Å². The second-order valence-electron chi connectivity index (χ2n) is 8.00. The van der Waals surface area contributed by atoms with E-state index < -0.39 is 0 Å². The molecule has 2 amide bonds. The van der Waals surface area contributed by atoms with Crippen molar-refractivity contribution in [2.24, 2.45) is 0 Å². The van der Waals surface area contributed by atoms with Gasteiger partial charge in [-0.3, -0.25) is 14.5 Å². The largest absolute Gasteiger partial charge is 0.347 e. The minimum atomic E-state index is -0.146. The molecule has 0 bridgehead atoms. The molecular weight excluding hydrogens is 344 g/mol. The summed E-state index contributed by atoms with van der Waals surface area (Å²) in [6, 6.07) is 0. The molecule has 148 valence electrons. The standard InChI is InChI=1S/C19H30N6O2/c1-14-15(12-20-18(21-14)22(2)3)17(27)25-11-10-24(5)19(13-25)7-6-16(26)23(4)9-8-19/h12H,6-11,13H2,1-5H3. The summed E-state index contributed by atoms with van der Waals surface area (Å²) in [5, 5.41) is 0. The third kappa shape index (κ3) is 3.76. The Balaban J connectivity index is 1.81. The van der Waals surface area contributed by atoms with Crippen molar-refractivity contribution < 1.29 is 9.59 Å². The quantitative estimate of drug-likeness (QED) is 0.756. The first kappa shape index (κ1) is 19.5. The van der Waals surface area contributed by atoms with E-state index in [1.165, 1.54) is 0 Å². The summed E-state index contributed by atoms with van der Waals surface area (Å²) in [4.78, 5) is 41.9. The lowest BCUT2D eigenvalue weighted by Gasteiger charge is -2.49. The van der Waals surface area contributed by atoms with Crippen LogP contribution in [-0.4, -0.2) is 96.4 Å². The Hall–Kier alpha value is -2.22. The highest BCUT2D eigenvalue weighted by molar-refractivity contribution is 5.95. The molecule has 0 radical (unpaired) electrons. The summed E-state index contributed by atoms with van der Waals surface area (Å²) in [5.41, 5.74) is 1.11. The molecule has 3 rings (SSSR count). The third-order valence-corrected chi connectivity index (χ3v) is 6.03. The van der Waals surface area contributed by atoms with Gasteiger partial charge in [0.25, 0.3) is 5.91 Å². The molecule has 3 heterocycles. The summed E-state index contributed by atoms with van der Waals surface area (Å²) in [6.07, 6.45) is 3.83. The van der Waals surface area contributed by atoms with Gasteiger partial charge >= 0.3 is 0 Å². The zero-order valence-electron chi connectivity index (χ0n) is 17.0. The van der Waals surface area contributed by atoms with E-state index >= 15 is 0 Å². The van der Waals surface area contributed by atoms with Crippen molar-refractivity contribution in [3.63, 3.8) is 0 Å².